The van der Waals surface area contributed by atoms with E-state index in [9.17, 15) is 0 Å². The second-order valence-electron chi connectivity index (χ2n) is 4.92. The Morgan fingerprint density at radius 2 is 2.26 bits per heavy atom. The number of aryl methyl sites for hydroxylation is 1. The van der Waals surface area contributed by atoms with Gasteiger partial charge in [0.1, 0.15) is 0 Å². The lowest BCUT2D eigenvalue weighted by atomic mass is 10.1. The van der Waals surface area contributed by atoms with Crippen LogP contribution in [0.15, 0.2) is 24.7 Å². The van der Waals surface area contributed by atoms with Crippen molar-refractivity contribution in [3.05, 3.63) is 35.9 Å². The lowest BCUT2D eigenvalue weighted by Crippen LogP contribution is -2.29. The highest BCUT2D eigenvalue weighted by Gasteiger charge is 2.14. The van der Waals surface area contributed by atoms with E-state index in [0.29, 0.717) is 6.04 Å². The van der Waals surface area contributed by atoms with Crippen molar-refractivity contribution >= 4 is 0 Å². The molecule has 6 nitrogen and oxygen atoms in total. The van der Waals surface area contributed by atoms with Crippen LogP contribution in [0.5, 0.6) is 0 Å². The van der Waals surface area contributed by atoms with Crippen LogP contribution in [0.3, 0.4) is 0 Å². The molecule has 2 unspecified atom stereocenters. The first kappa shape index (κ1) is 13.8. The van der Waals surface area contributed by atoms with Crippen LogP contribution in [0.25, 0.3) is 0 Å². The molecule has 0 aliphatic rings. The van der Waals surface area contributed by atoms with Gasteiger partial charge in [-0.25, -0.2) is 0 Å². The smallest absolute Gasteiger partial charge is 0.0644 e. The van der Waals surface area contributed by atoms with E-state index in [1.165, 1.54) is 0 Å². The fraction of sp³-hybridized carbons (Fsp3) is 0.538. The summed E-state index contributed by atoms with van der Waals surface area (Å²) in [7, 11) is 1.90. The van der Waals surface area contributed by atoms with E-state index in [-0.39, 0.29) is 6.04 Å². The van der Waals surface area contributed by atoms with E-state index in [4.69, 9.17) is 5.84 Å². The zero-order chi connectivity index (χ0) is 13.8. The zero-order valence-corrected chi connectivity index (χ0v) is 11.7. The third kappa shape index (κ3) is 3.21. The van der Waals surface area contributed by atoms with E-state index in [1.807, 2.05) is 36.4 Å². The molecule has 0 saturated heterocycles. The highest BCUT2D eigenvalue weighted by Crippen LogP contribution is 2.17. The molecule has 0 saturated carbocycles. The average Bonchev–Trinajstić information content (AvgIpc) is 3.04. The van der Waals surface area contributed by atoms with Gasteiger partial charge in [-0.05, 0) is 19.4 Å². The highest BCUT2D eigenvalue weighted by atomic mass is 15.3. The van der Waals surface area contributed by atoms with Crippen molar-refractivity contribution in [3.8, 4) is 0 Å². The van der Waals surface area contributed by atoms with Crippen LogP contribution in [0.2, 0.25) is 0 Å². The molecule has 0 radical (unpaired) electrons. The maximum absolute atomic E-state index is 5.63. The van der Waals surface area contributed by atoms with Gasteiger partial charge in [0.05, 0.1) is 17.9 Å². The molecule has 2 heterocycles. The van der Waals surface area contributed by atoms with Crippen molar-refractivity contribution in [2.45, 2.75) is 38.8 Å². The van der Waals surface area contributed by atoms with Gasteiger partial charge in [0.2, 0.25) is 0 Å². The summed E-state index contributed by atoms with van der Waals surface area (Å²) in [6.45, 7) is 4.32. The molecule has 0 spiro atoms. The molecule has 6 heteroatoms. The fourth-order valence-corrected chi connectivity index (χ4v) is 2.02. The molecule has 2 atom stereocenters. The SMILES string of the molecule is CCC(C)n1ccc(CC(NN)c2cnn(C)c2)n1. The molecule has 0 amide bonds. The van der Waals surface area contributed by atoms with Crippen LogP contribution in [-0.4, -0.2) is 19.6 Å². The van der Waals surface area contributed by atoms with Gasteiger partial charge in [-0.3, -0.25) is 20.6 Å². The molecule has 0 fully saturated rings. The van der Waals surface area contributed by atoms with Crippen molar-refractivity contribution in [3.63, 3.8) is 0 Å². The summed E-state index contributed by atoms with van der Waals surface area (Å²) in [5, 5.41) is 8.76. The van der Waals surface area contributed by atoms with E-state index in [0.717, 1.165) is 24.1 Å². The van der Waals surface area contributed by atoms with Crippen LogP contribution in [0.4, 0.5) is 0 Å². The molecule has 0 aliphatic heterocycles. The van der Waals surface area contributed by atoms with Gasteiger partial charge in [0.25, 0.3) is 0 Å². The van der Waals surface area contributed by atoms with Crippen LogP contribution in [0.1, 0.15) is 43.6 Å². The molecule has 3 N–H and O–H groups in total. The number of aromatic nitrogens is 4. The van der Waals surface area contributed by atoms with Crippen LogP contribution >= 0.6 is 0 Å². The van der Waals surface area contributed by atoms with Crippen molar-refractivity contribution in [2.24, 2.45) is 12.9 Å². The summed E-state index contributed by atoms with van der Waals surface area (Å²) >= 11 is 0. The van der Waals surface area contributed by atoms with Gasteiger partial charge in [0.15, 0.2) is 0 Å². The Labute approximate surface area is 113 Å². The number of hydrogen-bond acceptors (Lipinski definition) is 4. The number of hydrogen-bond donors (Lipinski definition) is 2. The Morgan fingerprint density at radius 1 is 1.47 bits per heavy atom. The minimum atomic E-state index is 0.0361. The molecule has 2 rings (SSSR count). The molecular formula is C13H22N6. The molecule has 104 valence electrons. The van der Waals surface area contributed by atoms with Crippen LogP contribution in [0, 0.1) is 0 Å². The maximum atomic E-state index is 5.63. The second kappa shape index (κ2) is 5.99. The number of nitrogens with two attached hydrogens (primary N) is 1. The summed E-state index contributed by atoms with van der Waals surface area (Å²) in [6, 6.07) is 2.51. The van der Waals surface area contributed by atoms with Crippen molar-refractivity contribution < 1.29 is 0 Å². The Bertz CT molecular complexity index is 515. The van der Waals surface area contributed by atoms with E-state index in [1.54, 1.807) is 4.68 Å². The van der Waals surface area contributed by atoms with Crippen molar-refractivity contribution in [1.29, 1.82) is 0 Å². The lowest BCUT2D eigenvalue weighted by Gasteiger charge is -2.13. The Kier molecular flexibility index (Phi) is 4.34. The molecule has 2 aromatic rings. The van der Waals surface area contributed by atoms with Crippen molar-refractivity contribution in [1.82, 2.24) is 25.0 Å². The average molecular weight is 262 g/mol. The number of hydrazine groups is 1. The monoisotopic (exact) mass is 262 g/mol. The normalized spacial score (nSPS) is 14.5. The third-order valence-electron chi connectivity index (χ3n) is 3.45. The molecule has 0 aromatic carbocycles. The number of rotatable bonds is 6. The Morgan fingerprint density at radius 3 is 2.84 bits per heavy atom. The second-order valence-corrected chi connectivity index (χ2v) is 4.92. The predicted octanol–water partition coefficient (Wildman–Crippen LogP) is 1.33. The highest BCUT2D eigenvalue weighted by molar-refractivity contribution is 5.14. The summed E-state index contributed by atoms with van der Waals surface area (Å²) < 4.78 is 3.78. The summed E-state index contributed by atoms with van der Waals surface area (Å²) in [5.74, 6) is 5.63. The van der Waals surface area contributed by atoms with Gasteiger partial charge in [-0.15, -0.1) is 0 Å². The van der Waals surface area contributed by atoms with Gasteiger partial charge in [0, 0.05) is 37.5 Å². The van der Waals surface area contributed by atoms with Gasteiger partial charge in [-0.2, -0.15) is 10.2 Å². The quantitative estimate of drug-likeness (QED) is 0.608. The number of nitrogens with one attached hydrogen (secondary N) is 1. The standard InChI is InChI=1S/C13H22N6/c1-4-10(2)19-6-5-12(17-19)7-13(16-14)11-8-15-18(3)9-11/h5-6,8-10,13,16H,4,7,14H2,1-3H3. The molecule has 0 bridgehead atoms. The van der Waals surface area contributed by atoms with Gasteiger partial charge < -0.3 is 0 Å². The molecule has 0 aliphatic carbocycles. The fourth-order valence-electron chi connectivity index (χ4n) is 2.02. The molecule has 19 heavy (non-hydrogen) atoms. The van der Waals surface area contributed by atoms with E-state index in [2.05, 4.69) is 29.5 Å². The topological polar surface area (TPSA) is 73.7 Å². The van der Waals surface area contributed by atoms with Crippen LogP contribution < -0.4 is 11.3 Å². The molecular weight excluding hydrogens is 240 g/mol. The van der Waals surface area contributed by atoms with Crippen molar-refractivity contribution in [2.75, 3.05) is 0 Å². The molecule has 2 aromatic heterocycles. The predicted molar refractivity (Wildman–Crippen MR) is 74.2 cm³/mol. The third-order valence-corrected chi connectivity index (χ3v) is 3.45. The zero-order valence-electron chi connectivity index (χ0n) is 11.7. The largest absolute Gasteiger partial charge is 0.275 e. The number of nitrogens with zero attached hydrogens (tertiary/aromatic N) is 4. The Balaban J connectivity index is 2.08. The van der Waals surface area contributed by atoms with E-state index >= 15 is 0 Å². The minimum absolute atomic E-state index is 0.0361. The summed E-state index contributed by atoms with van der Waals surface area (Å²) in [4.78, 5) is 0. The Hall–Kier alpha value is -1.66. The maximum Gasteiger partial charge on any atom is 0.0644 e. The summed E-state index contributed by atoms with van der Waals surface area (Å²) in [6.07, 6.45) is 7.65. The van der Waals surface area contributed by atoms with Gasteiger partial charge in [-0.1, -0.05) is 6.92 Å². The van der Waals surface area contributed by atoms with Gasteiger partial charge >= 0.3 is 0 Å². The van der Waals surface area contributed by atoms with E-state index < -0.39 is 0 Å². The first-order valence-electron chi connectivity index (χ1n) is 6.62. The lowest BCUT2D eigenvalue weighted by molar-refractivity contribution is 0.467. The van der Waals surface area contributed by atoms with Crippen LogP contribution in [-0.2, 0) is 13.5 Å². The minimum Gasteiger partial charge on any atom is -0.275 e. The first-order chi connectivity index (χ1) is 9.13. The summed E-state index contributed by atoms with van der Waals surface area (Å²) in [5.41, 5.74) is 4.94. The first-order valence-corrected chi connectivity index (χ1v) is 6.62.